The van der Waals surface area contributed by atoms with Crippen molar-refractivity contribution in [1.82, 2.24) is 9.47 Å². The first-order valence-corrected chi connectivity index (χ1v) is 7.17. The highest BCUT2D eigenvalue weighted by Gasteiger charge is 2.10. The number of aromatic nitrogens is 1. The Morgan fingerprint density at radius 2 is 1.89 bits per heavy atom. The van der Waals surface area contributed by atoms with Gasteiger partial charge in [-0.3, -0.25) is 0 Å². The van der Waals surface area contributed by atoms with Crippen molar-refractivity contribution in [3.63, 3.8) is 0 Å². The van der Waals surface area contributed by atoms with E-state index in [1.807, 2.05) is 12.1 Å². The normalized spacial score (nSPS) is 16.7. The molecular weight excluding hydrogens is 244 g/mol. The molecule has 1 aliphatic rings. The van der Waals surface area contributed by atoms with Gasteiger partial charge in [0, 0.05) is 28.7 Å². The van der Waals surface area contributed by atoms with Crippen LogP contribution in [-0.4, -0.2) is 29.1 Å². The first-order valence-electron chi connectivity index (χ1n) is 6.80. The van der Waals surface area contributed by atoms with Crippen LogP contribution in [0.1, 0.15) is 19.3 Å². The van der Waals surface area contributed by atoms with Crippen molar-refractivity contribution in [1.29, 1.82) is 0 Å². The lowest BCUT2D eigenvalue weighted by Gasteiger charge is -2.14. The summed E-state index contributed by atoms with van der Waals surface area (Å²) in [7, 11) is 0. The van der Waals surface area contributed by atoms with E-state index < -0.39 is 0 Å². The van der Waals surface area contributed by atoms with Crippen LogP contribution in [0, 0.1) is 0 Å². The summed E-state index contributed by atoms with van der Waals surface area (Å²) in [5.74, 6) is 0. The highest BCUT2D eigenvalue weighted by Crippen LogP contribution is 2.20. The topological polar surface area (TPSA) is 8.17 Å². The average Bonchev–Trinajstić information content (AvgIpc) is 2.99. The van der Waals surface area contributed by atoms with Gasteiger partial charge in [0.15, 0.2) is 0 Å². The molecule has 0 bridgehead atoms. The zero-order valence-electron chi connectivity index (χ0n) is 10.6. The molecular formula is C15H19ClN2. The molecule has 1 aromatic carbocycles. The smallest absolute Gasteiger partial charge is 0.0481 e. The highest BCUT2D eigenvalue weighted by molar-refractivity contribution is 6.31. The monoisotopic (exact) mass is 262 g/mol. The summed E-state index contributed by atoms with van der Waals surface area (Å²) < 4.78 is 2.34. The molecule has 0 atom stereocenters. The summed E-state index contributed by atoms with van der Waals surface area (Å²) in [6, 6.07) is 8.28. The Balaban J connectivity index is 1.63. The van der Waals surface area contributed by atoms with Gasteiger partial charge in [0.2, 0.25) is 0 Å². The summed E-state index contributed by atoms with van der Waals surface area (Å²) in [6.45, 7) is 4.92. The lowest BCUT2D eigenvalue weighted by molar-refractivity contribution is 0.326. The Labute approximate surface area is 113 Å². The molecule has 0 saturated carbocycles. The van der Waals surface area contributed by atoms with E-state index in [-0.39, 0.29) is 0 Å². The van der Waals surface area contributed by atoms with Crippen LogP contribution in [0.25, 0.3) is 10.9 Å². The molecule has 1 saturated heterocycles. The number of likely N-dealkylation sites (tertiary alicyclic amines) is 1. The summed E-state index contributed by atoms with van der Waals surface area (Å²) in [5.41, 5.74) is 1.29. The molecule has 0 spiro atoms. The Hall–Kier alpha value is -0.990. The Morgan fingerprint density at radius 1 is 1.06 bits per heavy atom. The van der Waals surface area contributed by atoms with E-state index in [9.17, 15) is 0 Å². The molecule has 0 N–H and O–H groups in total. The maximum Gasteiger partial charge on any atom is 0.0481 e. The quantitative estimate of drug-likeness (QED) is 0.814. The van der Waals surface area contributed by atoms with Crippen LogP contribution in [-0.2, 0) is 6.54 Å². The molecule has 1 aromatic heterocycles. The van der Waals surface area contributed by atoms with Crippen LogP contribution < -0.4 is 0 Å². The number of aryl methyl sites for hydroxylation is 1. The van der Waals surface area contributed by atoms with Crippen molar-refractivity contribution in [2.75, 3.05) is 19.6 Å². The zero-order chi connectivity index (χ0) is 12.4. The third-order valence-electron chi connectivity index (χ3n) is 3.81. The van der Waals surface area contributed by atoms with Gasteiger partial charge in [0.25, 0.3) is 0 Å². The molecule has 3 heteroatoms. The van der Waals surface area contributed by atoms with Crippen molar-refractivity contribution in [3.8, 4) is 0 Å². The van der Waals surface area contributed by atoms with E-state index in [0.717, 1.165) is 11.6 Å². The molecule has 0 unspecified atom stereocenters. The largest absolute Gasteiger partial charge is 0.347 e. The second-order valence-electron chi connectivity index (χ2n) is 5.11. The first kappa shape index (κ1) is 12.1. The van der Waals surface area contributed by atoms with Gasteiger partial charge in [-0.15, -0.1) is 0 Å². The van der Waals surface area contributed by atoms with E-state index in [4.69, 9.17) is 11.6 Å². The Kier molecular flexibility index (Phi) is 3.57. The summed E-state index contributed by atoms with van der Waals surface area (Å²) in [6.07, 6.45) is 6.16. The van der Waals surface area contributed by atoms with Crippen molar-refractivity contribution in [2.24, 2.45) is 0 Å². The second kappa shape index (κ2) is 5.33. The Bertz CT molecular complexity index is 526. The van der Waals surface area contributed by atoms with Gasteiger partial charge in [-0.1, -0.05) is 11.6 Å². The van der Waals surface area contributed by atoms with Crippen LogP contribution in [0.2, 0.25) is 5.02 Å². The summed E-state index contributed by atoms with van der Waals surface area (Å²) >= 11 is 6.00. The number of nitrogens with zero attached hydrogens (tertiary/aromatic N) is 2. The van der Waals surface area contributed by atoms with Gasteiger partial charge in [-0.25, -0.2) is 0 Å². The van der Waals surface area contributed by atoms with E-state index in [1.165, 1.54) is 49.8 Å². The molecule has 2 nitrogen and oxygen atoms in total. The minimum Gasteiger partial charge on any atom is -0.347 e. The van der Waals surface area contributed by atoms with Gasteiger partial charge >= 0.3 is 0 Å². The third kappa shape index (κ3) is 2.55. The lowest BCUT2D eigenvalue weighted by Crippen LogP contribution is -2.21. The van der Waals surface area contributed by atoms with Crippen LogP contribution in [0.3, 0.4) is 0 Å². The molecule has 1 fully saturated rings. The highest BCUT2D eigenvalue weighted by atomic mass is 35.5. The van der Waals surface area contributed by atoms with Gasteiger partial charge < -0.3 is 9.47 Å². The molecule has 0 amide bonds. The number of hydrogen-bond donors (Lipinski definition) is 0. The van der Waals surface area contributed by atoms with Crippen LogP contribution >= 0.6 is 11.6 Å². The molecule has 1 aliphatic heterocycles. The van der Waals surface area contributed by atoms with E-state index in [2.05, 4.69) is 27.8 Å². The maximum absolute atomic E-state index is 6.00. The SMILES string of the molecule is Clc1ccc2c(ccn2CCCN2CCCC2)c1. The van der Waals surface area contributed by atoms with Crippen molar-refractivity contribution >= 4 is 22.5 Å². The minimum absolute atomic E-state index is 0.817. The molecule has 96 valence electrons. The van der Waals surface area contributed by atoms with Gasteiger partial charge in [0.1, 0.15) is 0 Å². The number of hydrogen-bond acceptors (Lipinski definition) is 1. The number of halogens is 1. The van der Waals surface area contributed by atoms with E-state index in [1.54, 1.807) is 0 Å². The van der Waals surface area contributed by atoms with Gasteiger partial charge in [0.05, 0.1) is 0 Å². The number of fused-ring (bicyclic) bond motifs is 1. The first-order chi connectivity index (χ1) is 8.83. The third-order valence-corrected chi connectivity index (χ3v) is 4.04. The molecule has 0 aliphatic carbocycles. The van der Waals surface area contributed by atoms with Crippen molar-refractivity contribution in [3.05, 3.63) is 35.5 Å². The van der Waals surface area contributed by atoms with Crippen molar-refractivity contribution < 1.29 is 0 Å². The van der Waals surface area contributed by atoms with E-state index >= 15 is 0 Å². The molecule has 2 heterocycles. The predicted molar refractivity (Wildman–Crippen MR) is 77.2 cm³/mol. The fourth-order valence-electron chi connectivity index (χ4n) is 2.84. The molecule has 0 radical (unpaired) electrons. The average molecular weight is 263 g/mol. The number of rotatable bonds is 4. The molecule has 2 aromatic rings. The van der Waals surface area contributed by atoms with Gasteiger partial charge in [-0.05, 0) is 63.2 Å². The predicted octanol–water partition coefficient (Wildman–Crippen LogP) is 3.78. The Morgan fingerprint density at radius 3 is 2.72 bits per heavy atom. The van der Waals surface area contributed by atoms with Crippen LogP contribution in [0.4, 0.5) is 0 Å². The van der Waals surface area contributed by atoms with Gasteiger partial charge in [-0.2, -0.15) is 0 Å². The summed E-state index contributed by atoms with van der Waals surface area (Å²) in [5, 5.41) is 2.06. The number of benzene rings is 1. The fourth-order valence-corrected chi connectivity index (χ4v) is 3.02. The van der Waals surface area contributed by atoms with Crippen LogP contribution in [0.15, 0.2) is 30.5 Å². The zero-order valence-corrected chi connectivity index (χ0v) is 11.4. The maximum atomic E-state index is 6.00. The van der Waals surface area contributed by atoms with Crippen molar-refractivity contribution in [2.45, 2.75) is 25.8 Å². The standard InChI is InChI=1S/C15H19ClN2/c16-14-4-5-15-13(12-14)6-11-18(15)10-3-9-17-7-1-2-8-17/h4-6,11-12H,1-3,7-10H2. The van der Waals surface area contributed by atoms with E-state index in [0.29, 0.717) is 0 Å². The fraction of sp³-hybridized carbons (Fsp3) is 0.467. The summed E-state index contributed by atoms with van der Waals surface area (Å²) in [4.78, 5) is 2.57. The van der Waals surface area contributed by atoms with Crippen LogP contribution in [0.5, 0.6) is 0 Å². The minimum atomic E-state index is 0.817. The molecule has 18 heavy (non-hydrogen) atoms. The second-order valence-corrected chi connectivity index (χ2v) is 5.55. The molecule has 3 rings (SSSR count). The lowest BCUT2D eigenvalue weighted by atomic mass is 10.2.